The van der Waals surface area contributed by atoms with E-state index in [1.165, 1.54) is 37.0 Å². The summed E-state index contributed by atoms with van der Waals surface area (Å²) < 4.78 is 0. The highest BCUT2D eigenvalue weighted by molar-refractivity contribution is 7.15. The van der Waals surface area contributed by atoms with Crippen molar-refractivity contribution < 1.29 is 4.79 Å². The number of rotatable bonds is 9. The molecule has 0 bridgehead atoms. The molecule has 1 fully saturated rings. The fourth-order valence-corrected chi connectivity index (χ4v) is 2.60. The number of aryl methyl sites for hydroxylation is 1. The summed E-state index contributed by atoms with van der Waals surface area (Å²) in [4.78, 5) is 11.6. The van der Waals surface area contributed by atoms with Crippen molar-refractivity contribution >= 4 is 22.4 Å². The van der Waals surface area contributed by atoms with Gasteiger partial charge in [0.15, 0.2) is 0 Å². The molecule has 0 unspecified atom stereocenters. The monoisotopic (exact) mass is 282 g/mol. The second-order valence-electron chi connectivity index (χ2n) is 5.08. The molecule has 0 radical (unpaired) electrons. The molecule has 5 nitrogen and oxygen atoms in total. The number of hydrogen-bond acceptors (Lipinski definition) is 5. The van der Waals surface area contributed by atoms with Crippen LogP contribution in [0.25, 0.3) is 0 Å². The van der Waals surface area contributed by atoms with Crippen LogP contribution in [0.3, 0.4) is 0 Å². The Morgan fingerprint density at radius 3 is 2.95 bits per heavy atom. The van der Waals surface area contributed by atoms with Gasteiger partial charge in [0, 0.05) is 6.42 Å². The second-order valence-corrected chi connectivity index (χ2v) is 6.14. The lowest BCUT2D eigenvalue weighted by atomic mass is 10.2. The van der Waals surface area contributed by atoms with Gasteiger partial charge in [0.2, 0.25) is 11.0 Å². The highest BCUT2D eigenvalue weighted by atomic mass is 32.1. The van der Waals surface area contributed by atoms with Gasteiger partial charge >= 0.3 is 0 Å². The predicted molar refractivity (Wildman–Crippen MR) is 77.4 cm³/mol. The van der Waals surface area contributed by atoms with Crippen LogP contribution >= 0.6 is 11.3 Å². The lowest BCUT2D eigenvalue weighted by molar-refractivity contribution is -0.115. The van der Waals surface area contributed by atoms with Crippen molar-refractivity contribution in [3.8, 4) is 0 Å². The number of anilines is 1. The summed E-state index contributed by atoms with van der Waals surface area (Å²) in [5.74, 6) is 0.761. The SMILES string of the molecule is CCCCCc1nnc(NC(=O)CNCC2CC2)s1. The highest BCUT2D eigenvalue weighted by Gasteiger charge is 2.20. The molecule has 1 aliphatic rings. The number of aromatic nitrogens is 2. The zero-order valence-corrected chi connectivity index (χ0v) is 12.3. The summed E-state index contributed by atoms with van der Waals surface area (Å²) in [5.41, 5.74) is 0. The first-order chi connectivity index (χ1) is 9.28. The van der Waals surface area contributed by atoms with Crippen molar-refractivity contribution in [2.24, 2.45) is 5.92 Å². The van der Waals surface area contributed by atoms with Gasteiger partial charge in [0.05, 0.1) is 6.54 Å². The third-order valence-electron chi connectivity index (χ3n) is 3.12. The van der Waals surface area contributed by atoms with Crippen LogP contribution in [0.15, 0.2) is 0 Å². The van der Waals surface area contributed by atoms with Crippen LogP contribution < -0.4 is 10.6 Å². The van der Waals surface area contributed by atoms with E-state index in [9.17, 15) is 4.79 Å². The Kier molecular flexibility index (Phi) is 5.72. The predicted octanol–water partition coefficient (Wildman–Crippen LogP) is 2.21. The van der Waals surface area contributed by atoms with Crippen molar-refractivity contribution in [2.45, 2.75) is 45.4 Å². The number of nitrogens with one attached hydrogen (secondary N) is 2. The van der Waals surface area contributed by atoms with Gasteiger partial charge in [-0.25, -0.2) is 0 Å². The summed E-state index contributed by atoms with van der Waals surface area (Å²) in [5, 5.41) is 15.7. The topological polar surface area (TPSA) is 66.9 Å². The molecule has 0 aromatic carbocycles. The van der Waals surface area contributed by atoms with E-state index in [-0.39, 0.29) is 5.91 Å². The Balaban J connectivity index is 1.64. The van der Waals surface area contributed by atoms with Crippen LogP contribution in [0.5, 0.6) is 0 Å². The Morgan fingerprint density at radius 1 is 1.37 bits per heavy atom. The van der Waals surface area contributed by atoms with E-state index in [1.54, 1.807) is 0 Å². The van der Waals surface area contributed by atoms with E-state index >= 15 is 0 Å². The van der Waals surface area contributed by atoms with Gasteiger partial charge in [-0.2, -0.15) is 0 Å². The molecule has 1 saturated carbocycles. The first kappa shape index (κ1) is 14.4. The van der Waals surface area contributed by atoms with E-state index in [0.717, 1.165) is 30.3 Å². The van der Waals surface area contributed by atoms with Gasteiger partial charge in [-0.15, -0.1) is 10.2 Å². The zero-order chi connectivity index (χ0) is 13.5. The number of amides is 1. The van der Waals surface area contributed by atoms with Crippen LogP contribution in [-0.2, 0) is 11.2 Å². The molecule has 0 aliphatic heterocycles. The maximum Gasteiger partial charge on any atom is 0.240 e. The minimum atomic E-state index is -0.0306. The summed E-state index contributed by atoms with van der Waals surface area (Å²) in [6.45, 7) is 3.49. The number of carbonyl (C=O) groups is 1. The Bertz CT molecular complexity index is 403. The molecule has 1 aromatic heterocycles. The minimum absolute atomic E-state index is 0.0306. The molecule has 1 amide bonds. The van der Waals surface area contributed by atoms with Crippen molar-refractivity contribution in [3.05, 3.63) is 5.01 Å². The summed E-state index contributed by atoms with van der Waals surface area (Å²) in [6, 6.07) is 0. The van der Waals surface area contributed by atoms with Crippen LogP contribution in [0.1, 0.15) is 44.0 Å². The van der Waals surface area contributed by atoms with Crippen molar-refractivity contribution in [1.29, 1.82) is 0 Å². The largest absolute Gasteiger partial charge is 0.308 e. The lowest BCUT2D eigenvalue weighted by Gasteiger charge is -2.02. The smallest absolute Gasteiger partial charge is 0.240 e. The molecule has 2 N–H and O–H groups in total. The number of hydrogen-bond donors (Lipinski definition) is 2. The average Bonchev–Trinajstić information content (AvgIpc) is 3.10. The van der Waals surface area contributed by atoms with E-state index in [4.69, 9.17) is 0 Å². The third kappa shape index (κ3) is 5.65. The maximum atomic E-state index is 11.6. The number of nitrogens with zero attached hydrogens (tertiary/aromatic N) is 2. The first-order valence-corrected chi connectivity index (χ1v) is 7.92. The van der Waals surface area contributed by atoms with Crippen LogP contribution in [0.2, 0.25) is 0 Å². The molecular weight excluding hydrogens is 260 g/mol. The Labute approximate surface area is 118 Å². The fraction of sp³-hybridized carbons (Fsp3) is 0.769. The molecule has 0 saturated heterocycles. The molecule has 6 heteroatoms. The summed E-state index contributed by atoms with van der Waals surface area (Å²) in [7, 11) is 0. The Hall–Kier alpha value is -1.01. The third-order valence-corrected chi connectivity index (χ3v) is 4.02. The van der Waals surface area contributed by atoms with Gasteiger partial charge in [0.1, 0.15) is 5.01 Å². The molecule has 1 aliphatic carbocycles. The minimum Gasteiger partial charge on any atom is -0.308 e. The number of unbranched alkanes of at least 4 members (excludes halogenated alkanes) is 2. The van der Waals surface area contributed by atoms with E-state index in [1.807, 2.05) is 0 Å². The highest BCUT2D eigenvalue weighted by Crippen LogP contribution is 2.27. The average molecular weight is 282 g/mol. The molecular formula is C13H22N4OS. The molecule has 106 valence electrons. The first-order valence-electron chi connectivity index (χ1n) is 7.11. The van der Waals surface area contributed by atoms with Gasteiger partial charge in [-0.05, 0) is 31.7 Å². The standard InChI is InChI=1S/C13H22N4OS/c1-2-3-4-5-12-16-17-13(19-12)15-11(18)9-14-8-10-6-7-10/h10,14H,2-9H2,1H3,(H,15,17,18). The Morgan fingerprint density at radius 2 is 2.21 bits per heavy atom. The van der Waals surface area contributed by atoms with Crippen LogP contribution in [-0.4, -0.2) is 29.2 Å². The van der Waals surface area contributed by atoms with Gasteiger partial charge in [-0.3, -0.25) is 10.1 Å². The normalized spacial score (nSPS) is 14.6. The van der Waals surface area contributed by atoms with Crippen molar-refractivity contribution in [1.82, 2.24) is 15.5 Å². The van der Waals surface area contributed by atoms with Gasteiger partial charge in [-0.1, -0.05) is 31.1 Å². The molecule has 0 atom stereocenters. The van der Waals surface area contributed by atoms with Gasteiger partial charge in [0.25, 0.3) is 0 Å². The van der Waals surface area contributed by atoms with E-state index in [2.05, 4.69) is 27.8 Å². The number of carbonyl (C=O) groups excluding carboxylic acids is 1. The van der Waals surface area contributed by atoms with Crippen LogP contribution in [0.4, 0.5) is 5.13 Å². The quantitative estimate of drug-likeness (QED) is 0.681. The second kappa shape index (κ2) is 7.55. The molecule has 19 heavy (non-hydrogen) atoms. The van der Waals surface area contributed by atoms with Crippen molar-refractivity contribution in [2.75, 3.05) is 18.4 Å². The molecule has 0 spiro atoms. The molecule has 2 rings (SSSR count). The van der Waals surface area contributed by atoms with Crippen LogP contribution in [0, 0.1) is 5.92 Å². The van der Waals surface area contributed by atoms with E-state index in [0.29, 0.717) is 11.7 Å². The summed E-state index contributed by atoms with van der Waals surface area (Å²) >= 11 is 1.48. The lowest BCUT2D eigenvalue weighted by Crippen LogP contribution is -2.29. The zero-order valence-electron chi connectivity index (χ0n) is 11.4. The van der Waals surface area contributed by atoms with E-state index < -0.39 is 0 Å². The fourth-order valence-electron chi connectivity index (χ4n) is 1.81. The van der Waals surface area contributed by atoms with Gasteiger partial charge < -0.3 is 5.32 Å². The van der Waals surface area contributed by atoms with Crippen molar-refractivity contribution in [3.63, 3.8) is 0 Å². The maximum absolute atomic E-state index is 11.6. The molecule has 1 heterocycles. The molecule has 1 aromatic rings. The summed E-state index contributed by atoms with van der Waals surface area (Å²) in [6.07, 6.45) is 7.11.